The minimum absolute atomic E-state index is 0.00308. The SMILES string of the molecule is O=c1cc(-c2ccc(O)cc2)oc2cc(O[C@@H]3O[C@H](CO)[C@H](O)[C@H](O)[C@H]3O[C@@H]3O[C@H](CO)[C@@H](O)[C@H](O)[C@H]3O)cc(O)c12. The summed E-state index contributed by atoms with van der Waals surface area (Å²) in [5.41, 5.74) is -0.244. The van der Waals surface area contributed by atoms with E-state index < -0.39 is 85.8 Å². The standard InChI is InChI=1S/C27H30O15/c28-8-17-20(33)22(35)24(37)26(40-17)42-25-23(36)21(34)18(9-29)41-27(25)38-12-5-13(31)19-14(32)7-15(39-16(19)6-12)10-1-3-11(30)4-2-10/h1-7,17-18,20-31,33-37H,8-9H2/t17-,18-,20-,21+,22+,23+,24-,25-,26+,27-/m1/s1. The molecule has 2 saturated heterocycles. The molecule has 3 aromatic rings. The van der Waals surface area contributed by atoms with Crippen LogP contribution in [-0.4, -0.2) is 121 Å². The highest BCUT2D eigenvalue weighted by atomic mass is 16.8. The lowest BCUT2D eigenvalue weighted by atomic mass is 9.97. The highest BCUT2D eigenvalue weighted by Gasteiger charge is 2.51. The number of phenols is 2. The maximum Gasteiger partial charge on any atom is 0.229 e. The van der Waals surface area contributed by atoms with Crippen molar-refractivity contribution in [3.63, 3.8) is 0 Å². The van der Waals surface area contributed by atoms with Gasteiger partial charge in [-0.3, -0.25) is 4.79 Å². The monoisotopic (exact) mass is 594 g/mol. The number of aliphatic hydroxyl groups excluding tert-OH is 7. The summed E-state index contributed by atoms with van der Waals surface area (Å²) < 4.78 is 28.2. The molecule has 15 heteroatoms. The van der Waals surface area contributed by atoms with E-state index in [9.17, 15) is 50.8 Å². The van der Waals surface area contributed by atoms with Gasteiger partial charge < -0.3 is 69.3 Å². The summed E-state index contributed by atoms with van der Waals surface area (Å²) in [7, 11) is 0. The Balaban J connectivity index is 1.47. The first-order valence-corrected chi connectivity index (χ1v) is 12.9. The summed E-state index contributed by atoms with van der Waals surface area (Å²) >= 11 is 0. The summed E-state index contributed by atoms with van der Waals surface area (Å²) in [4.78, 5) is 12.8. The average molecular weight is 595 g/mol. The highest BCUT2D eigenvalue weighted by Crippen LogP contribution is 2.35. The van der Waals surface area contributed by atoms with E-state index in [-0.39, 0.29) is 28.2 Å². The molecular formula is C27H30O15. The number of aromatic hydroxyl groups is 2. The Kier molecular flexibility index (Phi) is 8.68. The second kappa shape index (κ2) is 12.1. The Morgan fingerprint density at radius 3 is 2.00 bits per heavy atom. The predicted molar refractivity (Wildman–Crippen MR) is 138 cm³/mol. The summed E-state index contributed by atoms with van der Waals surface area (Å²) in [5.74, 6) is -0.592. The van der Waals surface area contributed by atoms with Crippen LogP contribution in [0.15, 0.2) is 51.7 Å². The molecule has 0 saturated carbocycles. The molecule has 2 fully saturated rings. The first-order valence-electron chi connectivity index (χ1n) is 12.9. The van der Waals surface area contributed by atoms with Crippen LogP contribution in [0, 0.1) is 0 Å². The molecule has 228 valence electrons. The Labute approximate surface area is 236 Å². The lowest BCUT2D eigenvalue weighted by molar-refractivity contribution is -0.357. The van der Waals surface area contributed by atoms with E-state index in [1.807, 2.05) is 0 Å². The van der Waals surface area contributed by atoms with Crippen LogP contribution in [0.1, 0.15) is 0 Å². The molecule has 0 radical (unpaired) electrons. The fourth-order valence-electron chi connectivity index (χ4n) is 4.84. The summed E-state index contributed by atoms with van der Waals surface area (Å²) in [6.45, 7) is -1.50. The van der Waals surface area contributed by atoms with Gasteiger partial charge in [-0.2, -0.15) is 0 Å². The molecule has 2 aliphatic heterocycles. The number of hydrogen-bond acceptors (Lipinski definition) is 15. The van der Waals surface area contributed by atoms with E-state index in [4.69, 9.17) is 23.4 Å². The van der Waals surface area contributed by atoms with Gasteiger partial charge in [-0.15, -0.1) is 0 Å². The third kappa shape index (κ3) is 5.67. The molecule has 2 aromatic carbocycles. The van der Waals surface area contributed by atoms with Crippen LogP contribution in [0.4, 0.5) is 0 Å². The normalized spacial score (nSPS) is 33.5. The van der Waals surface area contributed by atoms with E-state index in [1.165, 1.54) is 30.3 Å². The summed E-state index contributed by atoms with van der Waals surface area (Å²) in [6.07, 6.45) is -16.7. The lowest BCUT2D eigenvalue weighted by Gasteiger charge is -2.45. The summed E-state index contributed by atoms with van der Waals surface area (Å²) in [6, 6.07) is 9.26. The van der Waals surface area contributed by atoms with Crippen LogP contribution in [-0.2, 0) is 14.2 Å². The molecule has 9 N–H and O–H groups in total. The van der Waals surface area contributed by atoms with E-state index in [1.54, 1.807) is 0 Å². The molecule has 1 aromatic heterocycles. The van der Waals surface area contributed by atoms with Crippen LogP contribution in [0.5, 0.6) is 17.2 Å². The van der Waals surface area contributed by atoms with Crippen LogP contribution < -0.4 is 10.2 Å². The number of ether oxygens (including phenoxy) is 4. The van der Waals surface area contributed by atoms with E-state index in [2.05, 4.69) is 0 Å². The second-order valence-corrected chi connectivity index (χ2v) is 9.96. The van der Waals surface area contributed by atoms with Crippen molar-refractivity contribution in [2.75, 3.05) is 13.2 Å². The zero-order valence-electron chi connectivity index (χ0n) is 21.7. The number of rotatable bonds is 7. The fraction of sp³-hybridized carbons (Fsp3) is 0.444. The minimum Gasteiger partial charge on any atom is -0.508 e. The first kappa shape index (κ1) is 30.1. The molecule has 0 unspecified atom stereocenters. The van der Waals surface area contributed by atoms with Gasteiger partial charge in [0, 0.05) is 23.8 Å². The fourth-order valence-corrected chi connectivity index (χ4v) is 4.84. The van der Waals surface area contributed by atoms with Gasteiger partial charge >= 0.3 is 0 Å². The lowest BCUT2D eigenvalue weighted by Crippen LogP contribution is -2.65. The molecule has 3 heterocycles. The van der Waals surface area contributed by atoms with Crippen molar-refractivity contribution in [1.29, 1.82) is 0 Å². The van der Waals surface area contributed by atoms with Gasteiger partial charge in [0.15, 0.2) is 17.8 Å². The number of aliphatic hydroxyl groups is 7. The molecule has 5 rings (SSSR count). The Morgan fingerprint density at radius 1 is 0.738 bits per heavy atom. The molecular weight excluding hydrogens is 564 g/mol. The highest BCUT2D eigenvalue weighted by molar-refractivity contribution is 5.86. The zero-order valence-corrected chi connectivity index (χ0v) is 21.7. The average Bonchev–Trinajstić information content (AvgIpc) is 2.96. The Bertz CT molecular complexity index is 1440. The number of hydrogen-bond donors (Lipinski definition) is 9. The molecule has 10 atom stereocenters. The van der Waals surface area contributed by atoms with Crippen molar-refractivity contribution in [1.82, 2.24) is 0 Å². The second-order valence-electron chi connectivity index (χ2n) is 9.96. The minimum atomic E-state index is -1.86. The van der Waals surface area contributed by atoms with Gasteiger partial charge in [0.05, 0.1) is 13.2 Å². The van der Waals surface area contributed by atoms with Crippen LogP contribution in [0.25, 0.3) is 22.3 Å². The zero-order chi connectivity index (χ0) is 30.3. The van der Waals surface area contributed by atoms with Gasteiger partial charge in [-0.1, -0.05) is 0 Å². The van der Waals surface area contributed by atoms with Gasteiger partial charge in [0.2, 0.25) is 6.29 Å². The largest absolute Gasteiger partial charge is 0.508 e. The molecule has 0 amide bonds. The predicted octanol–water partition coefficient (Wildman–Crippen LogP) is -2.13. The van der Waals surface area contributed by atoms with Crippen molar-refractivity contribution in [3.05, 3.63) is 52.7 Å². The summed E-state index contributed by atoms with van der Waals surface area (Å²) in [5, 5.41) is 90.9. The maximum absolute atomic E-state index is 12.8. The number of benzene rings is 2. The molecule has 0 aliphatic carbocycles. The molecule has 15 nitrogen and oxygen atoms in total. The maximum atomic E-state index is 12.8. The van der Waals surface area contributed by atoms with Crippen LogP contribution in [0.3, 0.4) is 0 Å². The Morgan fingerprint density at radius 2 is 1.36 bits per heavy atom. The van der Waals surface area contributed by atoms with Crippen molar-refractivity contribution in [2.45, 2.75) is 61.4 Å². The van der Waals surface area contributed by atoms with Crippen molar-refractivity contribution < 1.29 is 69.3 Å². The first-order chi connectivity index (χ1) is 20.0. The van der Waals surface area contributed by atoms with Gasteiger partial charge in [-0.25, -0.2) is 0 Å². The van der Waals surface area contributed by atoms with Crippen molar-refractivity contribution in [3.8, 4) is 28.6 Å². The molecule has 2 aliphatic rings. The van der Waals surface area contributed by atoms with Crippen LogP contribution in [0.2, 0.25) is 0 Å². The smallest absolute Gasteiger partial charge is 0.229 e. The van der Waals surface area contributed by atoms with E-state index in [0.29, 0.717) is 5.56 Å². The van der Waals surface area contributed by atoms with E-state index in [0.717, 1.165) is 12.1 Å². The van der Waals surface area contributed by atoms with Gasteiger partial charge in [0.1, 0.15) is 76.7 Å². The topological polar surface area (TPSA) is 249 Å². The molecule has 42 heavy (non-hydrogen) atoms. The third-order valence-electron chi connectivity index (χ3n) is 7.15. The molecule has 0 bridgehead atoms. The number of fused-ring (bicyclic) bond motifs is 1. The molecule has 0 spiro atoms. The Hall–Kier alpha value is -3.35. The number of phenolic OH excluding ortho intramolecular Hbond substituents is 2. The van der Waals surface area contributed by atoms with Crippen molar-refractivity contribution >= 4 is 11.0 Å². The third-order valence-corrected chi connectivity index (χ3v) is 7.15. The van der Waals surface area contributed by atoms with Crippen LogP contribution >= 0.6 is 0 Å². The van der Waals surface area contributed by atoms with Crippen molar-refractivity contribution in [2.24, 2.45) is 0 Å². The van der Waals surface area contributed by atoms with Gasteiger partial charge in [0.25, 0.3) is 0 Å². The quantitative estimate of drug-likeness (QED) is 0.142. The van der Waals surface area contributed by atoms with E-state index >= 15 is 0 Å². The van der Waals surface area contributed by atoms with Gasteiger partial charge in [-0.05, 0) is 24.3 Å².